The fourth-order valence-corrected chi connectivity index (χ4v) is 4.03. The molecule has 0 aliphatic carbocycles. The van der Waals surface area contributed by atoms with Gasteiger partial charge in [0.2, 0.25) is 0 Å². The lowest BCUT2D eigenvalue weighted by Crippen LogP contribution is -2.34. The molecule has 3 rings (SSSR count). The molecule has 2 N–H and O–H groups in total. The summed E-state index contributed by atoms with van der Waals surface area (Å²) in [5.41, 5.74) is 2.51. The van der Waals surface area contributed by atoms with Gasteiger partial charge in [0.15, 0.2) is 0 Å². The predicted octanol–water partition coefficient (Wildman–Crippen LogP) is 3.83. The smallest absolute Gasteiger partial charge is 0.0897 e. The lowest BCUT2D eigenvalue weighted by atomic mass is 9.97. The average Bonchev–Trinajstić information content (AvgIpc) is 3.02. The number of hydrogen-bond donors (Lipinski definition) is 2. The summed E-state index contributed by atoms with van der Waals surface area (Å²) < 4.78 is 0. The molecule has 0 radical (unpaired) electrons. The molecule has 1 aliphatic rings. The van der Waals surface area contributed by atoms with Crippen molar-refractivity contribution in [2.45, 2.75) is 39.3 Å². The van der Waals surface area contributed by atoms with E-state index in [1.165, 1.54) is 10.4 Å². The third-order valence-corrected chi connectivity index (χ3v) is 5.84. The van der Waals surface area contributed by atoms with Gasteiger partial charge >= 0.3 is 0 Å². The normalized spacial score (nSPS) is 17.8. The Morgan fingerprint density at radius 2 is 2.17 bits per heavy atom. The van der Waals surface area contributed by atoms with E-state index in [0.717, 1.165) is 43.2 Å². The minimum Gasteiger partial charge on any atom is -0.396 e. The lowest BCUT2D eigenvalue weighted by molar-refractivity contribution is 0.127. The van der Waals surface area contributed by atoms with Crippen molar-refractivity contribution in [1.29, 1.82) is 0 Å². The zero-order valence-corrected chi connectivity index (χ0v) is 15.4. The molecule has 0 amide bonds. The van der Waals surface area contributed by atoms with Crippen LogP contribution in [-0.4, -0.2) is 34.7 Å². The molecule has 1 aromatic carbocycles. The molecule has 1 saturated heterocycles. The third kappa shape index (κ3) is 4.56. The van der Waals surface area contributed by atoms with E-state index >= 15 is 0 Å². The van der Waals surface area contributed by atoms with Crippen LogP contribution in [0.2, 0.25) is 0 Å². The largest absolute Gasteiger partial charge is 0.396 e. The summed E-state index contributed by atoms with van der Waals surface area (Å²) >= 11 is 1.75. The summed E-state index contributed by atoms with van der Waals surface area (Å²) in [6.45, 7) is 7.71. The highest BCUT2D eigenvalue weighted by Gasteiger charge is 2.18. The van der Waals surface area contributed by atoms with Crippen molar-refractivity contribution in [1.82, 2.24) is 9.88 Å². The first kappa shape index (κ1) is 17.4. The number of likely N-dealkylation sites (tertiary alicyclic amines) is 1. The summed E-state index contributed by atoms with van der Waals surface area (Å²) in [5.74, 6) is 0.498. The standard InChI is InChI=1S/C19H27N3OS/c1-14(19-11-20-15(2)24-19)21-18-5-3-4-17(10-18)12-22-8-6-16(13-23)7-9-22/h3-5,10-11,14,16,21,23H,6-9,12-13H2,1-2H3. The Morgan fingerprint density at radius 3 is 2.83 bits per heavy atom. The van der Waals surface area contributed by atoms with Crippen molar-refractivity contribution < 1.29 is 5.11 Å². The van der Waals surface area contributed by atoms with Gasteiger partial charge in [0, 0.05) is 29.9 Å². The quantitative estimate of drug-likeness (QED) is 0.835. The number of piperidine rings is 1. The van der Waals surface area contributed by atoms with Gasteiger partial charge in [0.25, 0.3) is 0 Å². The summed E-state index contributed by atoms with van der Waals surface area (Å²) in [6.07, 6.45) is 4.18. The molecule has 1 atom stereocenters. The number of aromatic nitrogens is 1. The second-order valence-corrected chi connectivity index (χ2v) is 8.02. The summed E-state index contributed by atoms with van der Waals surface area (Å²) in [6, 6.07) is 8.98. The second kappa shape index (κ2) is 8.10. The Morgan fingerprint density at radius 1 is 1.38 bits per heavy atom. The van der Waals surface area contributed by atoms with Gasteiger partial charge in [-0.05, 0) is 63.4 Å². The van der Waals surface area contributed by atoms with Crippen LogP contribution < -0.4 is 5.32 Å². The molecular formula is C19H27N3OS. The van der Waals surface area contributed by atoms with E-state index < -0.39 is 0 Å². The molecule has 1 fully saturated rings. The van der Waals surface area contributed by atoms with Crippen LogP contribution in [0, 0.1) is 12.8 Å². The summed E-state index contributed by atoms with van der Waals surface area (Å²) in [4.78, 5) is 8.10. The number of nitrogens with zero attached hydrogens (tertiary/aromatic N) is 2. The van der Waals surface area contributed by atoms with Crippen molar-refractivity contribution in [3.63, 3.8) is 0 Å². The fraction of sp³-hybridized carbons (Fsp3) is 0.526. The van der Waals surface area contributed by atoms with Gasteiger partial charge in [-0.15, -0.1) is 11.3 Å². The molecular weight excluding hydrogens is 318 g/mol. The van der Waals surface area contributed by atoms with Crippen molar-refractivity contribution in [2.24, 2.45) is 5.92 Å². The van der Waals surface area contributed by atoms with Crippen LogP contribution in [0.3, 0.4) is 0 Å². The van der Waals surface area contributed by atoms with E-state index in [-0.39, 0.29) is 6.04 Å². The van der Waals surface area contributed by atoms with Gasteiger partial charge < -0.3 is 10.4 Å². The second-order valence-electron chi connectivity index (χ2n) is 6.75. The van der Waals surface area contributed by atoms with Crippen LogP contribution in [0.4, 0.5) is 5.69 Å². The molecule has 1 aromatic heterocycles. The number of anilines is 1. The maximum Gasteiger partial charge on any atom is 0.0897 e. The van der Waals surface area contributed by atoms with Crippen LogP contribution in [0.25, 0.3) is 0 Å². The maximum atomic E-state index is 9.25. The van der Waals surface area contributed by atoms with Gasteiger partial charge in [0.05, 0.1) is 11.0 Å². The highest BCUT2D eigenvalue weighted by Crippen LogP contribution is 2.25. The zero-order valence-electron chi connectivity index (χ0n) is 14.5. The van der Waals surface area contributed by atoms with Crippen LogP contribution >= 0.6 is 11.3 Å². The van der Waals surface area contributed by atoms with Gasteiger partial charge in [-0.1, -0.05) is 12.1 Å². The first-order chi connectivity index (χ1) is 11.6. The lowest BCUT2D eigenvalue weighted by Gasteiger charge is -2.31. The number of hydrogen-bond acceptors (Lipinski definition) is 5. The highest BCUT2D eigenvalue weighted by molar-refractivity contribution is 7.11. The van der Waals surface area contributed by atoms with Crippen LogP contribution in [-0.2, 0) is 6.54 Å². The number of aliphatic hydroxyl groups is 1. The van der Waals surface area contributed by atoms with Crippen molar-refractivity contribution >= 4 is 17.0 Å². The van der Waals surface area contributed by atoms with Crippen LogP contribution in [0.5, 0.6) is 0 Å². The van der Waals surface area contributed by atoms with E-state index in [4.69, 9.17) is 0 Å². The van der Waals surface area contributed by atoms with Gasteiger partial charge in [-0.3, -0.25) is 4.90 Å². The molecule has 0 spiro atoms. The zero-order chi connectivity index (χ0) is 16.9. The molecule has 130 valence electrons. The number of benzene rings is 1. The molecule has 24 heavy (non-hydrogen) atoms. The van der Waals surface area contributed by atoms with E-state index in [0.29, 0.717) is 12.5 Å². The Balaban J connectivity index is 1.58. The minimum atomic E-state index is 0.270. The molecule has 2 aromatic rings. The predicted molar refractivity (Wildman–Crippen MR) is 100 cm³/mol. The number of thiazole rings is 1. The van der Waals surface area contributed by atoms with Gasteiger partial charge in [-0.2, -0.15) is 0 Å². The Hall–Kier alpha value is -1.43. The third-order valence-electron chi connectivity index (χ3n) is 4.75. The Labute approximate surface area is 148 Å². The Kier molecular flexibility index (Phi) is 5.87. The SMILES string of the molecule is Cc1ncc(C(C)Nc2cccc(CN3CCC(CO)CC3)c2)s1. The monoisotopic (exact) mass is 345 g/mol. The van der Waals surface area contributed by atoms with Crippen LogP contribution in [0.1, 0.15) is 41.3 Å². The van der Waals surface area contributed by atoms with E-state index in [1.807, 2.05) is 13.1 Å². The molecule has 0 bridgehead atoms. The molecule has 5 heteroatoms. The van der Waals surface area contributed by atoms with Crippen molar-refractivity contribution in [2.75, 3.05) is 25.0 Å². The maximum absolute atomic E-state index is 9.25. The van der Waals surface area contributed by atoms with Crippen molar-refractivity contribution in [3.05, 3.63) is 45.9 Å². The van der Waals surface area contributed by atoms with E-state index in [2.05, 4.69) is 46.4 Å². The van der Waals surface area contributed by atoms with E-state index in [9.17, 15) is 5.11 Å². The fourth-order valence-electron chi connectivity index (χ4n) is 3.24. The number of aliphatic hydroxyl groups excluding tert-OH is 1. The highest BCUT2D eigenvalue weighted by atomic mass is 32.1. The molecule has 4 nitrogen and oxygen atoms in total. The van der Waals surface area contributed by atoms with Crippen LogP contribution in [0.15, 0.2) is 30.5 Å². The minimum absolute atomic E-state index is 0.270. The molecule has 2 heterocycles. The first-order valence-corrected chi connectivity index (χ1v) is 9.56. The number of rotatable bonds is 6. The van der Waals surface area contributed by atoms with Gasteiger partial charge in [0.1, 0.15) is 0 Å². The van der Waals surface area contributed by atoms with Gasteiger partial charge in [-0.25, -0.2) is 4.98 Å². The number of aryl methyl sites for hydroxylation is 1. The van der Waals surface area contributed by atoms with Crippen molar-refractivity contribution in [3.8, 4) is 0 Å². The molecule has 1 aliphatic heterocycles. The average molecular weight is 346 g/mol. The summed E-state index contributed by atoms with van der Waals surface area (Å²) in [5, 5.41) is 13.9. The topological polar surface area (TPSA) is 48.4 Å². The number of nitrogens with one attached hydrogen (secondary N) is 1. The Bertz CT molecular complexity index is 650. The molecule has 0 saturated carbocycles. The molecule has 1 unspecified atom stereocenters. The first-order valence-electron chi connectivity index (χ1n) is 8.75. The van der Waals surface area contributed by atoms with E-state index in [1.54, 1.807) is 11.3 Å². The summed E-state index contributed by atoms with van der Waals surface area (Å²) in [7, 11) is 0.